The van der Waals surface area contributed by atoms with Crippen molar-refractivity contribution in [1.82, 2.24) is 9.88 Å². The van der Waals surface area contributed by atoms with Gasteiger partial charge >= 0.3 is 24.3 Å². The predicted octanol–water partition coefficient (Wildman–Crippen LogP) is 2.57. The zero-order chi connectivity index (χ0) is 27.2. The average molecular weight is 534 g/mol. The molecule has 1 aliphatic rings. The fraction of sp³-hybridized carbons (Fsp3) is 0.333. The number of halogens is 6. The zero-order valence-electron chi connectivity index (χ0n) is 18.9. The maximum atomic E-state index is 12.7. The van der Waals surface area contributed by atoms with Crippen LogP contribution in [0.4, 0.5) is 37.8 Å². The number of aromatic nitrogens is 1. The van der Waals surface area contributed by atoms with E-state index in [1.54, 1.807) is 0 Å². The smallest absolute Gasteiger partial charge is 0.368 e. The van der Waals surface area contributed by atoms with E-state index in [0.717, 1.165) is 31.3 Å². The molecule has 0 radical (unpaired) electrons. The lowest BCUT2D eigenvalue weighted by molar-refractivity contribution is -0.200. The summed E-state index contributed by atoms with van der Waals surface area (Å²) in [6.07, 6.45) is -9.70. The maximum Gasteiger partial charge on any atom is 0.493 e. The van der Waals surface area contributed by atoms with Crippen molar-refractivity contribution in [2.75, 3.05) is 36.1 Å². The molecule has 0 saturated carbocycles. The number of benzene rings is 1. The van der Waals surface area contributed by atoms with E-state index in [-0.39, 0.29) is 5.06 Å². The summed E-state index contributed by atoms with van der Waals surface area (Å²) >= 11 is 0. The minimum Gasteiger partial charge on any atom is -0.368 e. The monoisotopic (exact) mass is 534 g/mol. The van der Waals surface area contributed by atoms with Crippen LogP contribution in [0.25, 0.3) is 0 Å². The quantitative estimate of drug-likeness (QED) is 0.203. The first-order chi connectivity index (χ1) is 17.3. The number of hydroxylamine groups is 1. The summed E-state index contributed by atoms with van der Waals surface area (Å²) in [6, 6.07) is 12.4. The van der Waals surface area contributed by atoms with Gasteiger partial charge in [0.2, 0.25) is 0 Å². The van der Waals surface area contributed by atoms with E-state index in [9.17, 15) is 35.9 Å². The third-order valence-corrected chi connectivity index (χ3v) is 4.99. The number of guanidine groups is 1. The number of carbonyl (C=O) groups is 2. The van der Waals surface area contributed by atoms with Crippen molar-refractivity contribution >= 4 is 29.4 Å². The van der Waals surface area contributed by atoms with E-state index in [2.05, 4.69) is 24.7 Å². The van der Waals surface area contributed by atoms with Crippen molar-refractivity contribution in [3.8, 4) is 0 Å². The van der Waals surface area contributed by atoms with Gasteiger partial charge in [-0.15, -0.1) is 5.06 Å². The van der Waals surface area contributed by atoms with Gasteiger partial charge in [0.25, 0.3) is 5.96 Å². The number of oxime groups is 1. The number of hydrogen-bond donors (Lipinski definition) is 1. The summed E-state index contributed by atoms with van der Waals surface area (Å²) in [5.74, 6) is -7.45. The molecule has 1 aromatic carbocycles. The lowest BCUT2D eigenvalue weighted by atomic mass is 10.2. The van der Waals surface area contributed by atoms with Gasteiger partial charge in [0.1, 0.15) is 0 Å². The van der Waals surface area contributed by atoms with E-state index in [1.807, 2.05) is 35.2 Å². The summed E-state index contributed by atoms with van der Waals surface area (Å²) in [7, 11) is 0. The van der Waals surface area contributed by atoms with Gasteiger partial charge < -0.3 is 20.3 Å². The first kappa shape index (κ1) is 27.5. The molecule has 0 atom stereocenters. The molecule has 1 fully saturated rings. The Morgan fingerprint density at radius 2 is 1.57 bits per heavy atom. The predicted molar refractivity (Wildman–Crippen MR) is 117 cm³/mol. The van der Waals surface area contributed by atoms with Crippen molar-refractivity contribution in [3.63, 3.8) is 0 Å². The highest BCUT2D eigenvalue weighted by Crippen LogP contribution is 2.23. The molecule has 1 aliphatic heterocycles. The number of hydrogen-bond acceptors (Lipinski definition) is 8. The summed E-state index contributed by atoms with van der Waals surface area (Å²) in [5.41, 5.74) is 7.06. The van der Waals surface area contributed by atoms with Crippen molar-refractivity contribution in [1.29, 1.82) is 0 Å². The molecule has 2 N–H and O–H groups in total. The van der Waals surface area contributed by atoms with Crippen molar-refractivity contribution < 1.29 is 45.6 Å². The second-order valence-corrected chi connectivity index (χ2v) is 7.62. The normalized spacial score (nSPS) is 15.3. The molecule has 1 aromatic heterocycles. The van der Waals surface area contributed by atoms with Crippen molar-refractivity contribution in [3.05, 3.63) is 54.2 Å². The number of nitrogens with zero attached hydrogens (tertiary/aromatic N) is 5. The summed E-state index contributed by atoms with van der Waals surface area (Å²) in [4.78, 5) is 37.8. The molecule has 1 saturated heterocycles. The van der Waals surface area contributed by atoms with Gasteiger partial charge in [-0.25, -0.2) is 14.6 Å². The van der Waals surface area contributed by atoms with E-state index in [1.165, 1.54) is 12.3 Å². The fourth-order valence-corrected chi connectivity index (χ4v) is 3.21. The SMILES string of the molecule is N/C(=N\OC(=O)C(F)(F)F)N(OC(=O)C(F)(F)F)c1ccc(N2CCN(Cc3ccccc3)CC2)cn1. The molecule has 0 spiro atoms. The lowest BCUT2D eigenvalue weighted by Crippen LogP contribution is -2.46. The highest BCUT2D eigenvalue weighted by atomic mass is 19.4. The Balaban J connectivity index is 1.70. The molecule has 2 aromatic rings. The number of nitrogens with two attached hydrogens (primary N) is 1. The highest BCUT2D eigenvalue weighted by Gasteiger charge is 2.44. The van der Waals surface area contributed by atoms with Gasteiger partial charge in [0.15, 0.2) is 5.82 Å². The Bertz CT molecular complexity index is 1100. The molecule has 0 unspecified atom stereocenters. The molecular weight excluding hydrogens is 514 g/mol. The standard InChI is InChI=1S/C21H20F6N6O4/c22-20(23,24)17(34)36-30-19(28)33(37-18(35)21(25,26)27)16-7-6-15(12-29-16)32-10-8-31(9-11-32)13-14-4-2-1-3-5-14/h1-7,12H,8-11,13H2,(H2,28,30). The van der Waals surface area contributed by atoms with Gasteiger partial charge in [-0.2, -0.15) is 26.3 Å². The molecule has 0 aliphatic carbocycles. The van der Waals surface area contributed by atoms with E-state index >= 15 is 0 Å². The molecule has 0 bridgehead atoms. The Labute approximate surface area is 205 Å². The number of pyridine rings is 1. The topological polar surface area (TPSA) is 114 Å². The van der Waals surface area contributed by atoms with Crippen LogP contribution in [-0.4, -0.2) is 66.3 Å². The fourth-order valence-electron chi connectivity index (χ4n) is 3.21. The van der Waals surface area contributed by atoms with Gasteiger partial charge in [0, 0.05) is 32.7 Å². The van der Waals surface area contributed by atoms with Gasteiger partial charge in [-0.05, 0) is 22.9 Å². The van der Waals surface area contributed by atoms with Crippen LogP contribution in [0.5, 0.6) is 0 Å². The molecule has 0 amide bonds. The van der Waals surface area contributed by atoms with Crippen LogP contribution in [-0.2, 0) is 25.8 Å². The molecule has 16 heteroatoms. The van der Waals surface area contributed by atoms with Crippen molar-refractivity contribution in [2.24, 2.45) is 10.9 Å². The Kier molecular flexibility index (Phi) is 8.42. The van der Waals surface area contributed by atoms with Crippen LogP contribution in [0.3, 0.4) is 0 Å². The second kappa shape index (κ2) is 11.3. The molecule has 10 nitrogen and oxygen atoms in total. The minimum absolute atomic E-state index is 0.110. The van der Waals surface area contributed by atoms with Gasteiger partial charge in [-0.1, -0.05) is 30.3 Å². The van der Waals surface area contributed by atoms with E-state index in [0.29, 0.717) is 18.8 Å². The van der Waals surface area contributed by atoms with E-state index < -0.39 is 36.1 Å². The molecule has 37 heavy (non-hydrogen) atoms. The third kappa shape index (κ3) is 7.70. The first-order valence-corrected chi connectivity index (χ1v) is 10.5. The van der Waals surface area contributed by atoms with Crippen molar-refractivity contribution in [2.45, 2.75) is 18.9 Å². The van der Waals surface area contributed by atoms with E-state index in [4.69, 9.17) is 5.73 Å². The Morgan fingerprint density at radius 1 is 0.946 bits per heavy atom. The third-order valence-electron chi connectivity index (χ3n) is 4.99. The molecule has 3 rings (SSSR count). The second-order valence-electron chi connectivity index (χ2n) is 7.62. The van der Waals surface area contributed by atoms with Gasteiger partial charge in [-0.3, -0.25) is 4.90 Å². The van der Waals surface area contributed by atoms with Crippen LogP contribution < -0.4 is 15.7 Å². The minimum atomic E-state index is -5.49. The maximum absolute atomic E-state index is 12.7. The van der Waals surface area contributed by atoms with Crippen LogP contribution in [0.1, 0.15) is 5.56 Å². The number of anilines is 2. The first-order valence-electron chi connectivity index (χ1n) is 10.5. The largest absolute Gasteiger partial charge is 0.493 e. The number of alkyl halides is 6. The van der Waals surface area contributed by atoms with Crippen LogP contribution in [0, 0.1) is 0 Å². The van der Waals surface area contributed by atoms with Crippen LogP contribution >= 0.6 is 0 Å². The number of rotatable bonds is 5. The lowest BCUT2D eigenvalue weighted by Gasteiger charge is -2.36. The molecular formula is C21H20F6N6O4. The molecule has 2 heterocycles. The number of piperazine rings is 1. The molecule has 200 valence electrons. The Morgan fingerprint density at radius 3 is 2.11 bits per heavy atom. The summed E-state index contributed by atoms with van der Waals surface area (Å²) in [6.45, 7) is 3.42. The average Bonchev–Trinajstić information content (AvgIpc) is 2.85. The van der Waals surface area contributed by atoms with Crippen LogP contribution in [0.2, 0.25) is 0 Å². The number of carbonyl (C=O) groups excluding carboxylic acids is 2. The zero-order valence-corrected chi connectivity index (χ0v) is 18.9. The Hall–Kier alpha value is -4.08. The highest BCUT2D eigenvalue weighted by molar-refractivity contribution is 5.94. The summed E-state index contributed by atoms with van der Waals surface area (Å²) < 4.78 is 74.9. The van der Waals surface area contributed by atoms with Gasteiger partial charge in [0.05, 0.1) is 11.9 Å². The van der Waals surface area contributed by atoms with Crippen LogP contribution in [0.15, 0.2) is 53.8 Å². The summed E-state index contributed by atoms with van der Waals surface area (Å²) in [5, 5.41) is 2.50.